The predicted octanol–water partition coefficient (Wildman–Crippen LogP) is 2.87. The zero-order chi connectivity index (χ0) is 13.8. The highest BCUT2D eigenvalue weighted by Crippen LogP contribution is 2.28. The monoisotopic (exact) mass is 265 g/mol. The number of halogens is 2. The van der Waals surface area contributed by atoms with Crippen LogP contribution in [0.1, 0.15) is 19.3 Å². The quantitative estimate of drug-likeness (QED) is 0.910. The molecule has 1 saturated carbocycles. The van der Waals surface area contributed by atoms with Crippen LogP contribution in [0.4, 0.5) is 19.3 Å². The van der Waals surface area contributed by atoms with Crippen LogP contribution in [0.3, 0.4) is 0 Å². The molecule has 1 N–H and O–H groups in total. The summed E-state index contributed by atoms with van der Waals surface area (Å²) in [4.78, 5) is 13.5. The summed E-state index contributed by atoms with van der Waals surface area (Å²) in [6.45, 7) is 0.315. The van der Waals surface area contributed by atoms with Crippen LogP contribution in [0.15, 0.2) is 18.2 Å². The highest BCUT2D eigenvalue weighted by Gasteiger charge is 2.32. The Bertz CT molecular complexity index is 523. The summed E-state index contributed by atoms with van der Waals surface area (Å²) in [6.07, 6.45) is 2.02. The van der Waals surface area contributed by atoms with Crippen LogP contribution in [-0.2, 0) is 0 Å². The maximum absolute atomic E-state index is 13.4. The maximum Gasteiger partial charge on any atom is 0.322 e. The van der Waals surface area contributed by atoms with Crippen molar-refractivity contribution in [3.63, 3.8) is 0 Å². The topological polar surface area (TPSA) is 56.1 Å². The van der Waals surface area contributed by atoms with Gasteiger partial charge in [0.15, 0.2) is 0 Å². The first-order chi connectivity index (χ1) is 9.11. The van der Waals surface area contributed by atoms with Crippen LogP contribution in [0.2, 0.25) is 0 Å². The summed E-state index contributed by atoms with van der Waals surface area (Å²) in [7, 11) is 0. The first-order valence-corrected chi connectivity index (χ1v) is 6.01. The Balaban J connectivity index is 2.04. The highest BCUT2D eigenvalue weighted by atomic mass is 19.1. The van der Waals surface area contributed by atoms with Crippen molar-refractivity contribution in [2.75, 3.05) is 11.9 Å². The number of nitrogens with one attached hydrogen (secondary N) is 1. The van der Waals surface area contributed by atoms with Gasteiger partial charge in [-0.15, -0.1) is 0 Å². The number of urea groups is 1. The number of carbonyl (C=O) groups excluding carboxylic acids is 1. The zero-order valence-corrected chi connectivity index (χ0v) is 10.2. The largest absolute Gasteiger partial charge is 0.322 e. The number of rotatable bonds is 4. The second kappa shape index (κ2) is 5.65. The van der Waals surface area contributed by atoms with Crippen molar-refractivity contribution in [1.29, 1.82) is 5.26 Å². The molecule has 0 aliphatic heterocycles. The van der Waals surface area contributed by atoms with Gasteiger partial charge in [0.1, 0.15) is 11.6 Å². The van der Waals surface area contributed by atoms with Crippen LogP contribution in [0, 0.1) is 23.0 Å². The van der Waals surface area contributed by atoms with Gasteiger partial charge in [-0.3, -0.25) is 0 Å². The third-order valence-electron chi connectivity index (χ3n) is 2.89. The third-order valence-corrected chi connectivity index (χ3v) is 2.89. The van der Waals surface area contributed by atoms with E-state index >= 15 is 0 Å². The van der Waals surface area contributed by atoms with E-state index in [4.69, 9.17) is 5.26 Å². The summed E-state index contributed by atoms with van der Waals surface area (Å²) >= 11 is 0. The molecule has 1 aliphatic rings. The minimum atomic E-state index is -0.815. The number of carbonyl (C=O) groups is 1. The molecular weight excluding hydrogens is 252 g/mol. The van der Waals surface area contributed by atoms with Gasteiger partial charge >= 0.3 is 6.03 Å². The molecule has 0 radical (unpaired) electrons. The van der Waals surface area contributed by atoms with Crippen LogP contribution in [-0.4, -0.2) is 23.5 Å². The number of amides is 2. The first-order valence-electron chi connectivity index (χ1n) is 6.01. The molecule has 100 valence electrons. The van der Waals surface area contributed by atoms with Gasteiger partial charge in [-0.05, 0) is 25.0 Å². The van der Waals surface area contributed by atoms with E-state index in [0.29, 0.717) is 12.6 Å². The fourth-order valence-electron chi connectivity index (χ4n) is 1.78. The van der Waals surface area contributed by atoms with Gasteiger partial charge in [-0.25, -0.2) is 13.6 Å². The number of nitriles is 1. The van der Waals surface area contributed by atoms with Crippen LogP contribution < -0.4 is 5.32 Å². The number of nitrogens with zero attached hydrogens (tertiary/aromatic N) is 2. The molecule has 0 spiro atoms. The van der Waals surface area contributed by atoms with E-state index < -0.39 is 17.7 Å². The highest BCUT2D eigenvalue weighted by molar-refractivity contribution is 5.89. The molecule has 2 rings (SSSR count). The summed E-state index contributed by atoms with van der Waals surface area (Å²) in [5.41, 5.74) is -0.0611. The van der Waals surface area contributed by atoms with E-state index in [1.165, 1.54) is 11.0 Å². The van der Waals surface area contributed by atoms with Crippen LogP contribution >= 0.6 is 0 Å². The lowest BCUT2D eigenvalue weighted by molar-refractivity contribution is 0.210. The second-order valence-corrected chi connectivity index (χ2v) is 4.39. The molecule has 0 heterocycles. The molecule has 4 nitrogen and oxygen atoms in total. The molecule has 19 heavy (non-hydrogen) atoms. The summed E-state index contributed by atoms with van der Waals surface area (Å²) in [6, 6.07) is 4.61. The standard InChI is InChI=1S/C13H13F2N3O/c14-9-2-5-12(11(15)8-9)17-13(19)18(7-1-6-16)10-3-4-10/h2,5,8,10H,1,3-4,7H2,(H,17,19). The first kappa shape index (κ1) is 13.3. The van der Waals surface area contributed by atoms with Gasteiger partial charge in [-0.2, -0.15) is 5.26 Å². The lowest BCUT2D eigenvalue weighted by Gasteiger charge is -2.21. The van der Waals surface area contributed by atoms with E-state index in [9.17, 15) is 13.6 Å². The summed E-state index contributed by atoms with van der Waals surface area (Å²) in [5.74, 6) is -1.51. The molecule has 0 atom stereocenters. The van der Waals surface area contributed by atoms with Crippen molar-refractivity contribution in [1.82, 2.24) is 4.90 Å². The lowest BCUT2D eigenvalue weighted by atomic mass is 10.3. The fourth-order valence-corrected chi connectivity index (χ4v) is 1.78. The Morgan fingerprint density at radius 2 is 2.21 bits per heavy atom. The molecule has 1 aromatic rings. The lowest BCUT2D eigenvalue weighted by Crippen LogP contribution is -2.37. The number of benzene rings is 1. The smallest absolute Gasteiger partial charge is 0.321 e. The zero-order valence-electron chi connectivity index (χ0n) is 10.2. The van der Waals surface area contributed by atoms with Gasteiger partial charge < -0.3 is 10.2 Å². The second-order valence-electron chi connectivity index (χ2n) is 4.39. The number of anilines is 1. The minimum Gasteiger partial charge on any atom is -0.321 e. The Kier molecular flexibility index (Phi) is 3.95. The van der Waals surface area contributed by atoms with E-state index in [1.54, 1.807) is 0 Å². The maximum atomic E-state index is 13.4. The molecule has 0 unspecified atom stereocenters. The fraction of sp³-hybridized carbons (Fsp3) is 0.385. The normalized spacial score (nSPS) is 13.7. The van der Waals surface area contributed by atoms with Gasteiger partial charge in [-0.1, -0.05) is 0 Å². The Morgan fingerprint density at radius 1 is 1.47 bits per heavy atom. The van der Waals surface area contributed by atoms with E-state index in [2.05, 4.69) is 5.32 Å². The van der Waals surface area contributed by atoms with Crippen LogP contribution in [0.5, 0.6) is 0 Å². The van der Waals surface area contributed by atoms with E-state index in [1.807, 2.05) is 6.07 Å². The average Bonchev–Trinajstić information content (AvgIpc) is 3.18. The predicted molar refractivity (Wildman–Crippen MR) is 65.3 cm³/mol. The van der Waals surface area contributed by atoms with Gasteiger partial charge in [0.25, 0.3) is 0 Å². The number of hydrogen-bond donors (Lipinski definition) is 1. The Labute approximate surface area is 109 Å². The van der Waals surface area contributed by atoms with Gasteiger partial charge in [0.05, 0.1) is 18.2 Å². The van der Waals surface area contributed by atoms with Crippen molar-refractivity contribution in [3.8, 4) is 6.07 Å². The third kappa shape index (κ3) is 3.41. The van der Waals surface area contributed by atoms with Crippen molar-refractivity contribution >= 4 is 11.7 Å². The summed E-state index contributed by atoms with van der Waals surface area (Å²) in [5, 5.41) is 11.0. The molecule has 1 aromatic carbocycles. The van der Waals surface area contributed by atoms with Gasteiger partial charge in [0, 0.05) is 18.7 Å². The van der Waals surface area contributed by atoms with E-state index in [0.717, 1.165) is 18.9 Å². The molecule has 1 aliphatic carbocycles. The summed E-state index contributed by atoms with van der Waals surface area (Å²) < 4.78 is 26.2. The Hall–Kier alpha value is -2.16. The van der Waals surface area contributed by atoms with Crippen molar-refractivity contribution in [3.05, 3.63) is 29.8 Å². The van der Waals surface area contributed by atoms with Crippen LogP contribution in [0.25, 0.3) is 0 Å². The molecule has 0 aromatic heterocycles. The molecule has 2 amide bonds. The van der Waals surface area contributed by atoms with Gasteiger partial charge in [0.2, 0.25) is 0 Å². The molecule has 1 fully saturated rings. The minimum absolute atomic E-state index is 0.0611. The molecular formula is C13H13F2N3O. The molecule has 6 heteroatoms. The van der Waals surface area contributed by atoms with Crippen molar-refractivity contribution in [2.45, 2.75) is 25.3 Å². The molecule has 0 bridgehead atoms. The SMILES string of the molecule is N#CCCN(C(=O)Nc1ccc(F)cc1F)C1CC1. The number of hydrogen-bond acceptors (Lipinski definition) is 2. The van der Waals surface area contributed by atoms with E-state index in [-0.39, 0.29) is 18.2 Å². The Morgan fingerprint density at radius 3 is 2.79 bits per heavy atom. The van der Waals surface area contributed by atoms with Crippen molar-refractivity contribution in [2.24, 2.45) is 0 Å². The van der Waals surface area contributed by atoms with Crippen molar-refractivity contribution < 1.29 is 13.6 Å². The molecule has 0 saturated heterocycles. The average molecular weight is 265 g/mol.